The lowest BCUT2D eigenvalue weighted by Crippen LogP contribution is -2.62. The summed E-state index contributed by atoms with van der Waals surface area (Å²) in [6.07, 6.45) is 10.3. The zero-order valence-electron chi connectivity index (χ0n) is 20.1. The van der Waals surface area contributed by atoms with E-state index in [1.54, 1.807) is 0 Å². The van der Waals surface area contributed by atoms with Gasteiger partial charge in [-0.05, 0) is 84.1 Å². The number of likely N-dealkylation sites (tertiary alicyclic amines) is 3. The summed E-state index contributed by atoms with van der Waals surface area (Å²) >= 11 is 0. The molecule has 0 saturated carbocycles. The van der Waals surface area contributed by atoms with E-state index in [-0.39, 0.29) is 5.54 Å². The summed E-state index contributed by atoms with van der Waals surface area (Å²) in [4.78, 5) is 12.5. The molecule has 0 bridgehead atoms. The lowest BCUT2D eigenvalue weighted by atomic mass is 9.84. The van der Waals surface area contributed by atoms with Gasteiger partial charge in [0.2, 0.25) is 0 Å². The van der Waals surface area contributed by atoms with Crippen molar-refractivity contribution >= 4 is 5.96 Å². The van der Waals surface area contributed by atoms with Crippen LogP contribution in [0.5, 0.6) is 0 Å². The van der Waals surface area contributed by atoms with Gasteiger partial charge in [-0.1, -0.05) is 6.42 Å². The number of piperidine rings is 3. The number of hydrogen-bond donors (Lipinski definition) is 2. The molecule has 4 rings (SSSR count). The second-order valence-electron chi connectivity index (χ2n) is 10.4. The molecule has 4 heterocycles. The molecule has 1 atom stereocenters. The summed E-state index contributed by atoms with van der Waals surface area (Å²) in [6.45, 7) is 11.5. The van der Waals surface area contributed by atoms with Crippen molar-refractivity contribution in [1.82, 2.24) is 25.3 Å². The highest BCUT2D eigenvalue weighted by Gasteiger charge is 2.39. The van der Waals surface area contributed by atoms with Gasteiger partial charge in [-0.25, -0.2) is 0 Å². The first kappa shape index (κ1) is 23.3. The molecule has 4 aliphatic heterocycles. The molecule has 0 spiro atoms. The highest BCUT2D eigenvalue weighted by atomic mass is 16.5. The van der Waals surface area contributed by atoms with Crippen LogP contribution in [0.3, 0.4) is 0 Å². The van der Waals surface area contributed by atoms with Gasteiger partial charge in [-0.15, -0.1) is 0 Å². The SMILES string of the molecule is CN=C(NCC1(N2CCCCC2)CCN(C)CC1)NC1CCN(CC2CCOC2)CC1. The molecular weight excluding hydrogens is 388 g/mol. The molecule has 1 unspecified atom stereocenters. The van der Waals surface area contributed by atoms with E-state index in [4.69, 9.17) is 4.74 Å². The largest absolute Gasteiger partial charge is 0.381 e. The highest BCUT2D eigenvalue weighted by molar-refractivity contribution is 5.80. The molecule has 0 aromatic heterocycles. The first-order valence-electron chi connectivity index (χ1n) is 12.9. The van der Waals surface area contributed by atoms with Gasteiger partial charge in [0.15, 0.2) is 5.96 Å². The number of rotatable bonds is 6. The number of nitrogens with one attached hydrogen (secondary N) is 2. The summed E-state index contributed by atoms with van der Waals surface area (Å²) in [5, 5.41) is 7.50. The Morgan fingerprint density at radius 1 is 1.00 bits per heavy atom. The number of aliphatic imine (C=N–C) groups is 1. The van der Waals surface area contributed by atoms with Crippen LogP contribution in [-0.4, -0.2) is 112 Å². The van der Waals surface area contributed by atoms with E-state index < -0.39 is 0 Å². The summed E-state index contributed by atoms with van der Waals surface area (Å²) in [5.74, 6) is 1.75. The van der Waals surface area contributed by atoms with Crippen molar-refractivity contribution in [1.29, 1.82) is 0 Å². The number of hydrogen-bond acceptors (Lipinski definition) is 5. The third-order valence-corrected chi connectivity index (χ3v) is 8.22. The first-order chi connectivity index (χ1) is 15.2. The average molecular weight is 435 g/mol. The maximum absolute atomic E-state index is 5.55. The molecule has 7 nitrogen and oxygen atoms in total. The minimum Gasteiger partial charge on any atom is -0.381 e. The van der Waals surface area contributed by atoms with E-state index in [2.05, 4.69) is 37.4 Å². The van der Waals surface area contributed by atoms with Gasteiger partial charge >= 0.3 is 0 Å². The van der Waals surface area contributed by atoms with Gasteiger partial charge in [0.1, 0.15) is 0 Å². The minimum atomic E-state index is 0.289. The molecule has 4 fully saturated rings. The lowest BCUT2D eigenvalue weighted by Gasteiger charge is -2.50. The van der Waals surface area contributed by atoms with Crippen LogP contribution in [0.4, 0.5) is 0 Å². The average Bonchev–Trinajstić information content (AvgIpc) is 3.33. The first-order valence-corrected chi connectivity index (χ1v) is 12.9. The lowest BCUT2D eigenvalue weighted by molar-refractivity contribution is 0.0172. The van der Waals surface area contributed by atoms with Crippen LogP contribution in [0.15, 0.2) is 4.99 Å². The highest BCUT2D eigenvalue weighted by Crippen LogP contribution is 2.31. The molecule has 0 amide bonds. The van der Waals surface area contributed by atoms with E-state index >= 15 is 0 Å². The summed E-state index contributed by atoms with van der Waals surface area (Å²) in [7, 11) is 4.19. The fraction of sp³-hybridized carbons (Fsp3) is 0.958. The van der Waals surface area contributed by atoms with Crippen LogP contribution in [0.25, 0.3) is 0 Å². The van der Waals surface area contributed by atoms with Crippen LogP contribution in [0.2, 0.25) is 0 Å². The standard InChI is InChI=1S/C24H46N6O/c1-25-23(27-22-6-13-29(14-7-22)18-21-8-17-31-19-21)26-20-24(9-15-28(2)16-10-24)30-11-4-3-5-12-30/h21-22H,3-20H2,1-2H3,(H2,25,26,27). The van der Waals surface area contributed by atoms with Gasteiger partial charge in [0.05, 0.1) is 6.61 Å². The molecule has 0 aromatic rings. The van der Waals surface area contributed by atoms with Gasteiger partial charge < -0.3 is 25.2 Å². The van der Waals surface area contributed by atoms with E-state index in [1.165, 1.54) is 97.2 Å². The Balaban J connectivity index is 1.25. The van der Waals surface area contributed by atoms with Crippen LogP contribution in [-0.2, 0) is 4.74 Å². The molecule has 4 saturated heterocycles. The molecule has 0 radical (unpaired) electrons. The Bertz CT molecular complexity index is 556. The van der Waals surface area contributed by atoms with E-state index in [0.717, 1.165) is 31.6 Å². The second kappa shape index (κ2) is 11.3. The second-order valence-corrected chi connectivity index (χ2v) is 10.4. The normalized spacial score (nSPS) is 29.9. The van der Waals surface area contributed by atoms with Crippen molar-refractivity contribution in [2.45, 2.75) is 62.9 Å². The zero-order valence-corrected chi connectivity index (χ0v) is 20.1. The monoisotopic (exact) mass is 434 g/mol. The maximum Gasteiger partial charge on any atom is 0.191 e. The zero-order chi connectivity index (χ0) is 21.5. The molecule has 0 aromatic carbocycles. The van der Waals surface area contributed by atoms with Crippen LogP contribution in [0.1, 0.15) is 51.4 Å². The fourth-order valence-electron chi connectivity index (χ4n) is 6.00. The third-order valence-electron chi connectivity index (χ3n) is 8.22. The smallest absolute Gasteiger partial charge is 0.191 e. The van der Waals surface area contributed by atoms with Crippen molar-refractivity contribution in [2.24, 2.45) is 10.9 Å². The predicted molar refractivity (Wildman–Crippen MR) is 128 cm³/mol. The number of ether oxygens (including phenoxy) is 1. The Morgan fingerprint density at radius 3 is 2.39 bits per heavy atom. The quantitative estimate of drug-likeness (QED) is 0.489. The Kier molecular flexibility index (Phi) is 8.49. The van der Waals surface area contributed by atoms with E-state index in [1.807, 2.05) is 7.05 Å². The van der Waals surface area contributed by atoms with Gasteiger partial charge in [-0.2, -0.15) is 0 Å². The number of guanidine groups is 1. The van der Waals surface area contributed by atoms with Crippen molar-refractivity contribution in [3.63, 3.8) is 0 Å². The molecule has 178 valence electrons. The predicted octanol–water partition coefficient (Wildman–Crippen LogP) is 1.60. The molecular formula is C24H46N6O. The Labute approximate surface area is 189 Å². The molecule has 2 N–H and O–H groups in total. The molecule has 7 heteroatoms. The summed E-state index contributed by atoms with van der Waals surface area (Å²) < 4.78 is 5.55. The van der Waals surface area contributed by atoms with Gasteiger partial charge in [0.25, 0.3) is 0 Å². The van der Waals surface area contributed by atoms with Crippen molar-refractivity contribution in [2.75, 3.05) is 79.7 Å². The van der Waals surface area contributed by atoms with Gasteiger partial charge in [-0.3, -0.25) is 9.89 Å². The number of nitrogens with zero attached hydrogens (tertiary/aromatic N) is 4. The van der Waals surface area contributed by atoms with Crippen molar-refractivity contribution in [3.8, 4) is 0 Å². The third kappa shape index (κ3) is 6.34. The van der Waals surface area contributed by atoms with Crippen LogP contribution >= 0.6 is 0 Å². The van der Waals surface area contributed by atoms with E-state index in [0.29, 0.717) is 6.04 Å². The summed E-state index contributed by atoms with van der Waals surface area (Å²) in [6, 6.07) is 0.533. The van der Waals surface area contributed by atoms with Crippen LogP contribution < -0.4 is 10.6 Å². The molecule has 4 aliphatic rings. The summed E-state index contributed by atoms with van der Waals surface area (Å²) in [5.41, 5.74) is 0.289. The van der Waals surface area contributed by atoms with E-state index in [9.17, 15) is 0 Å². The van der Waals surface area contributed by atoms with Crippen molar-refractivity contribution < 1.29 is 4.74 Å². The Hall–Kier alpha value is -0.890. The fourth-order valence-corrected chi connectivity index (χ4v) is 6.00. The maximum atomic E-state index is 5.55. The topological polar surface area (TPSA) is 55.4 Å². The van der Waals surface area contributed by atoms with Gasteiger partial charge in [0, 0.05) is 51.4 Å². The molecule has 31 heavy (non-hydrogen) atoms. The van der Waals surface area contributed by atoms with Crippen LogP contribution in [0, 0.1) is 5.92 Å². The Morgan fingerprint density at radius 2 is 1.74 bits per heavy atom. The van der Waals surface area contributed by atoms with Crippen molar-refractivity contribution in [3.05, 3.63) is 0 Å². The molecule has 0 aliphatic carbocycles. The minimum absolute atomic E-state index is 0.289.